The van der Waals surface area contributed by atoms with Crippen molar-refractivity contribution in [1.82, 2.24) is 5.32 Å². The molecule has 0 saturated heterocycles. The Bertz CT molecular complexity index is 456. The van der Waals surface area contributed by atoms with Crippen LogP contribution in [0.5, 0.6) is 5.75 Å². The average molecular weight is 298 g/mol. The first kappa shape index (κ1) is 11.6. The highest BCUT2D eigenvalue weighted by molar-refractivity contribution is 9.10. The molecule has 0 spiro atoms. The number of nitrogens with one attached hydrogen (secondary N) is 1. The fraction of sp³-hybridized carbons (Fsp3) is 0.167. The minimum Gasteiger partial charge on any atom is -0.508 e. The van der Waals surface area contributed by atoms with Crippen LogP contribution in [-0.2, 0) is 13.1 Å². The first-order valence-electron chi connectivity index (χ1n) is 4.95. The third kappa shape index (κ3) is 3.07. The molecule has 0 radical (unpaired) electrons. The van der Waals surface area contributed by atoms with E-state index >= 15 is 0 Å². The zero-order valence-corrected chi connectivity index (χ0v) is 11.0. The van der Waals surface area contributed by atoms with Crippen molar-refractivity contribution in [2.75, 3.05) is 0 Å². The van der Waals surface area contributed by atoms with Crippen LogP contribution in [0.3, 0.4) is 0 Å². The summed E-state index contributed by atoms with van der Waals surface area (Å²) in [5, 5.41) is 16.9. The molecule has 0 saturated carbocycles. The SMILES string of the molecule is Oc1ccc(Br)c(CNCc2ccsc2)c1. The molecule has 0 fully saturated rings. The van der Waals surface area contributed by atoms with Crippen LogP contribution < -0.4 is 5.32 Å². The van der Waals surface area contributed by atoms with Gasteiger partial charge in [0.2, 0.25) is 0 Å². The second-order valence-corrected chi connectivity index (χ2v) is 5.15. The first-order chi connectivity index (χ1) is 7.75. The Kier molecular flexibility index (Phi) is 3.98. The highest BCUT2D eigenvalue weighted by atomic mass is 79.9. The van der Waals surface area contributed by atoms with Gasteiger partial charge in [-0.1, -0.05) is 15.9 Å². The number of phenolic OH excluding ortho intramolecular Hbond substituents is 1. The molecule has 84 valence electrons. The van der Waals surface area contributed by atoms with E-state index in [2.05, 4.69) is 38.1 Å². The summed E-state index contributed by atoms with van der Waals surface area (Å²) in [4.78, 5) is 0. The van der Waals surface area contributed by atoms with Gasteiger partial charge in [-0.05, 0) is 46.2 Å². The summed E-state index contributed by atoms with van der Waals surface area (Å²) >= 11 is 5.16. The number of thiophene rings is 1. The maximum Gasteiger partial charge on any atom is 0.115 e. The third-order valence-corrected chi connectivity index (χ3v) is 3.76. The van der Waals surface area contributed by atoms with Crippen molar-refractivity contribution < 1.29 is 5.11 Å². The molecule has 16 heavy (non-hydrogen) atoms. The molecule has 0 aliphatic carbocycles. The molecular formula is C12H12BrNOS. The summed E-state index contributed by atoms with van der Waals surface area (Å²) < 4.78 is 1.02. The summed E-state index contributed by atoms with van der Waals surface area (Å²) in [6, 6.07) is 7.41. The molecule has 2 N–H and O–H groups in total. The normalized spacial score (nSPS) is 10.6. The minimum atomic E-state index is 0.301. The summed E-state index contributed by atoms with van der Waals surface area (Å²) in [5.74, 6) is 0.301. The van der Waals surface area contributed by atoms with Crippen molar-refractivity contribution in [3.05, 3.63) is 50.6 Å². The summed E-state index contributed by atoms with van der Waals surface area (Å²) in [5.41, 5.74) is 2.36. The van der Waals surface area contributed by atoms with E-state index in [9.17, 15) is 5.11 Å². The molecule has 2 aromatic rings. The van der Waals surface area contributed by atoms with Crippen LogP contribution in [0.15, 0.2) is 39.5 Å². The fourth-order valence-electron chi connectivity index (χ4n) is 1.43. The van der Waals surface area contributed by atoms with Crippen molar-refractivity contribution in [3.8, 4) is 5.75 Å². The van der Waals surface area contributed by atoms with E-state index in [1.54, 1.807) is 23.5 Å². The second-order valence-electron chi connectivity index (χ2n) is 3.51. The van der Waals surface area contributed by atoms with Gasteiger partial charge in [-0.25, -0.2) is 0 Å². The van der Waals surface area contributed by atoms with Gasteiger partial charge >= 0.3 is 0 Å². The van der Waals surface area contributed by atoms with Crippen LogP contribution in [0.25, 0.3) is 0 Å². The number of benzene rings is 1. The number of hydrogen-bond acceptors (Lipinski definition) is 3. The molecule has 2 rings (SSSR count). The number of hydrogen-bond donors (Lipinski definition) is 2. The van der Waals surface area contributed by atoms with Crippen LogP contribution in [0.2, 0.25) is 0 Å². The Morgan fingerprint density at radius 1 is 1.25 bits per heavy atom. The van der Waals surface area contributed by atoms with E-state index in [4.69, 9.17) is 0 Å². The predicted molar refractivity (Wildman–Crippen MR) is 70.7 cm³/mol. The standard InChI is InChI=1S/C12H12BrNOS/c13-12-2-1-11(15)5-10(12)7-14-6-9-3-4-16-8-9/h1-5,8,14-15H,6-7H2. The van der Waals surface area contributed by atoms with Crippen LogP contribution in [0.1, 0.15) is 11.1 Å². The lowest BCUT2D eigenvalue weighted by Gasteiger charge is -2.06. The molecule has 0 aliphatic heterocycles. The van der Waals surface area contributed by atoms with E-state index in [0.717, 1.165) is 23.1 Å². The van der Waals surface area contributed by atoms with Crippen molar-refractivity contribution in [2.45, 2.75) is 13.1 Å². The van der Waals surface area contributed by atoms with E-state index < -0.39 is 0 Å². The maximum absolute atomic E-state index is 9.37. The van der Waals surface area contributed by atoms with E-state index in [1.165, 1.54) is 5.56 Å². The van der Waals surface area contributed by atoms with Gasteiger partial charge in [-0.3, -0.25) is 0 Å². The largest absolute Gasteiger partial charge is 0.508 e. The monoisotopic (exact) mass is 297 g/mol. The van der Waals surface area contributed by atoms with Gasteiger partial charge in [-0.15, -0.1) is 0 Å². The minimum absolute atomic E-state index is 0.301. The van der Waals surface area contributed by atoms with Crippen molar-refractivity contribution in [3.63, 3.8) is 0 Å². The number of rotatable bonds is 4. The zero-order valence-electron chi connectivity index (χ0n) is 8.61. The Balaban J connectivity index is 1.92. The Morgan fingerprint density at radius 3 is 2.88 bits per heavy atom. The molecule has 0 unspecified atom stereocenters. The Hall–Kier alpha value is -0.840. The molecule has 0 amide bonds. The van der Waals surface area contributed by atoms with Crippen molar-refractivity contribution >= 4 is 27.3 Å². The van der Waals surface area contributed by atoms with Gasteiger partial charge in [0.05, 0.1) is 0 Å². The van der Waals surface area contributed by atoms with Crippen LogP contribution >= 0.6 is 27.3 Å². The molecule has 0 aliphatic rings. The van der Waals surface area contributed by atoms with Crippen molar-refractivity contribution in [2.24, 2.45) is 0 Å². The molecule has 1 aromatic heterocycles. The number of halogens is 1. The second kappa shape index (κ2) is 5.48. The van der Waals surface area contributed by atoms with E-state index in [0.29, 0.717) is 5.75 Å². The predicted octanol–water partition coefficient (Wildman–Crippen LogP) is 3.51. The van der Waals surface area contributed by atoms with Gasteiger partial charge in [0.25, 0.3) is 0 Å². The van der Waals surface area contributed by atoms with E-state index in [-0.39, 0.29) is 0 Å². The van der Waals surface area contributed by atoms with Crippen LogP contribution in [0.4, 0.5) is 0 Å². The summed E-state index contributed by atoms with van der Waals surface area (Å²) in [6.07, 6.45) is 0. The highest BCUT2D eigenvalue weighted by Gasteiger charge is 2.01. The van der Waals surface area contributed by atoms with Gasteiger partial charge in [0.15, 0.2) is 0 Å². The maximum atomic E-state index is 9.37. The molecule has 0 atom stereocenters. The zero-order chi connectivity index (χ0) is 11.4. The molecule has 0 bridgehead atoms. The van der Waals surface area contributed by atoms with Gasteiger partial charge in [0, 0.05) is 17.6 Å². The van der Waals surface area contributed by atoms with Crippen LogP contribution in [-0.4, -0.2) is 5.11 Å². The topological polar surface area (TPSA) is 32.3 Å². The Morgan fingerprint density at radius 2 is 2.12 bits per heavy atom. The lowest BCUT2D eigenvalue weighted by atomic mass is 10.2. The molecular weight excluding hydrogens is 286 g/mol. The Labute approximate surface area is 107 Å². The van der Waals surface area contributed by atoms with Gasteiger partial charge in [-0.2, -0.15) is 11.3 Å². The first-order valence-corrected chi connectivity index (χ1v) is 6.68. The molecule has 2 nitrogen and oxygen atoms in total. The lowest BCUT2D eigenvalue weighted by molar-refractivity contribution is 0.474. The average Bonchev–Trinajstić information content (AvgIpc) is 2.76. The van der Waals surface area contributed by atoms with Crippen LogP contribution in [0, 0.1) is 0 Å². The third-order valence-electron chi connectivity index (χ3n) is 2.25. The fourth-order valence-corrected chi connectivity index (χ4v) is 2.49. The van der Waals surface area contributed by atoms with Gasteiger partial charge in [0.1, 0.15) is 5.75 Å². The summed E-state index contributed by atoms with van der Waals surface area (Å²) in [7, 11) is 0. The molecule has 1 aromatic carbocycles. The summed E-state index contributed by atoms with van der Waals surface area (Å²) in [6.45, 7) is 1.59. The molecule has 1 heterocycles. The highest BCUT2D eigenvalue weighted by Crippen LogP contribution is 2.21. The lowest BCUT2D eigenvalue weighted by Crippen LogP contribution is -2.12. The number of phenols is 1. The van der Waals surface area contributed by atoms with Crippen molar-refractivity contribution in [1.29, 1.82) is 0 Å². The quantitative estimate of drug-likeness (QED) is 0.905. The number of aromatic hydroxyl groups is 1. The van der Waals surface area contributed by atoms with E-state index in [1.807, 2.05) is 6.07 Å². The smallest absolute Gasteiger partial charge is 0.115 e. The molecule has 4 heteroatoms. The van der Waals surface area contributed by atoms with Gasteiger partial charge < -0.3 is 10.4 Å².